The summed E-state index contributed by atoms with van der Waals surface area (Å²) in [7, 11) is 0. The first kappa shape index (κ1) is 34.8. The van der Waals surface area contributed by atoms with Crippen LogP contribution in [0.3, 0.4) is 0 Å². The third kappa shape index (κ3) is 8.32. The highest BCUT2D eigenvalue weighted by molar-refractivity contribution is 5.88. The molecule has 0 radical (unpaired) electrons. The van der Waals surface area contributed by atoms with E-state index < -0.39 is 0 Å². The van der Waals surface area contributed by atoms with Gasteiger partial charge in [-0.15, -0.1) is 0 Å². The molecule has 0 saturated heterocycles. The van der Waals surface area contributed by atoms with Crippen LogP contribution in [0.5, 0.6) is 0 Å². The van der Waals surface area contributed by atoms with Crippen LogP contribution in [0, 0.1) is 0 Å². The number of fused-ring (bicyclic) bond motifs is 2. The van der Waals surface area contributed by atoms with E-state index in [-0.39, 0.29) is 0 Å². The number of anilines is 3. The normalized spacial score (nSPS) is 15.0. The molecule has 0 aromatic heterocycles. The fourth-order valence-corrected chi connectivity index (χ4v) is 6.85. The second kappa shape index (κ2) is 16.6. The zero-order valence-electron chi connectivity index (χ0n) is 30.3. The van der Waals surface area contributed by atoms with Gasteiger partial charge in [-0.3, -0.25) is 0 Å². The van der Waals surface area contributed by atoms with Crippen LogP contribution in [0.4, 0.5) is 17.1 Å². The summed E-state index contributed by atoms with van der Waals surface area (Å²) in [5, 5.41) is 6.26. The molecular formula is C51H44N2. The van der Waals surface area contributed by atoms with E-state index in [2.05, 4.69) is 163 Å². The van der Waals surface area contributed by atoms with Gasteiger partial charge in [-0.2, -0.15) is 0 Å². The molecule has 1 aliphatic heterocycles. The van der Waals surface area contributed by atoms with Gasteiger partial charge in [-0.05, 0) is 112 Å². The Balaban J connectivity index is 1.29. The van der Waals surface area contributed by atoms with Crippen LogP contribution in [0.15, 0.2) is 212 Å². The predicted octanol–water partition coefficient (Wildman–Crippen LogP) is 13.5. The van der Waals surface area contributed by atoms with Crippen molar-refractivity contribution in [2.75, 3.05) is 16.8 Å². The topological polar surface area (TPSA) is 15.3 Å². The van der Waals surface area contributed by atoms with E-state index in [1.807, 2.05) is 49.4 Å². The third-order valence-corrected chi connectivity index (χ3v) is 9.50. The molecule has 1 aliphatic carbocycles. The van der Waals surface area contributed by atoms with E-state index in [1.54, 1.807) is 6.08 Å². The van der Waals surface area contributed by atoms with E-state index in [9.17, 15) is 0 Å². The lowest BCUT2D eigenvalue weighted by Crippen LogP contribution is -2.19. The van der Waals surface area contributed by atoms with Gasteiger partial charge in [0.2, 0.25) is 0 Å². The minimum Gasteiger partial charge on any atom is -0.349 e. The van der Waals surface area contributed by atoms with Gasteiger partial charge in [-0.1, -0.05) is 152 Å². The van der Waals surface area contributed by atoms with Crippen molar-refractivity contribution in [3.8, 4) is 11.1 Å². The molecule has 0 atom stereocenters. The van der Waals surface area contributed by atoms with Crippen molar-refractivity contribution in [2.45, 2.75) is 19.8 Å². The molecule has 53 heavy (non-hydrogen) atoms. The highest BCUT2D eigenvalue weighted by Gasteiger charge is 2.20. The number of aryl methyl sites for hydroxylation is 1. The molecule has 2 aliphatic rings. The first-order valence-corrected chi connectivity index (χ1v) is 18.3. The molecule has 0 fully saturated rings. The summed E-state index contributed by atoms with van der Waals surface area (Å²) < 4.78 is 0. The fraction of sp³-hybridized carbons (Fsp3) is 0.0784. The zero-order chi connectivity index (χ0) is 36.4. The quantitative estimate of drug-likeness (QED) is 0.0846. The maximum Gasteiger partial charge on any atom is 0.0904 e. The number of nitrogens with one attached hydrogen (secondary N) is 1. The molecule has 5 aromatic carbocycles. The van der Waals surface area contributed by atoms with Crippen molar-refractivity contribution in [1.29, 1.82) is 0 Å². The summed E-state index contributed by atoms with van der Waals surface area (Å²) in [5.74, 6) is 0. The molecule has 1 heterocycles. The molecule has 0 spiro atoms. The second-order valence-electron chi connectivity index (χ2n) is 13.2. The Morgan fingerprint density at radius 2 is 1.60 bits per heavy atom. The van der Waals surface area contributed by atoms with Crippen LogP contribution < -0.4 is 10.2 Å². The van der Waals surface area contributed by atoms with Crippen molar-refractivity contribution >= 4 is 39.5 Å². The van der Waals surface area contributed by atoms with Crippen LogP contribution in [-0.2, 0) is 6.42 Å². The zero-order valence-corrected chi connectivity index (χ0v) is 30.3. The minimum atomic E-state index is 0.827. The van der Waals surface area contributed by atoms with E-state index in [4.69, 9.17) is 0 Å². The first-order valence-electron chi connectivity index (χ1n) is 18.3. The highest BCUT2D eigenvalue weighted by atomic mass is 15.1. The van der Waals surface area contributed by atoms with E-state index >= 15 is 0 Å². The lowest BCUT2D eigenvalue weighted by molar-refractivity contribution is 0.948. The SMILES string of the molecule is C=C/C=C\C=Cc1cc(NC2=C=C(c3ccc4c(c3)CC/C=C\CN4c3ccc4ccccc4c3)C=C2C(=C)/C=C\C=C/C)cc(-c2ccccc2)c1. The molecule has 0 amide bonds. The second-order valence-corrected chi connectivity index (χ2v) is 13.2. The van der Waals surface area contributed by atoms with Crippen LogP contribution in [0.25, 0.3) is 33.5 Å². The van der Waals surface area contributed by atoms with Crippen molar-refractivity contribution in [2.24, 2.45) is 0 Å². The molecule has 258 valence electrons. The van der Waals surface area contributed by atoms with Gasteiger partial charge in [0, 0.05) is 34.8 Å². The summed E-state index contributed by atoms with van der Waals surface area (Å²) in [6.45, 7) is 11.1. The summed E-state index contributed by atoms with van der Waals surface area (Å²) >= 11 is 0. The molecule has 0 saturated carbocycles. The van der Waals surface area contributed by atoms with Crippen molar-refractivity contribution in [3.63, 3.8) is 0 Å². The first-order chi connectivity index (χ1) is 26.1. The predicted molar refractivity (Wildman–Crippen MR) is 230 cm³/mol. The van der Waals surface area contributed by atoms with Crippen molar-refractivity contribution in [3.05, 3.63) is 228 Å². The molecule has 0 bridgehead atoms. The van der Waals surface area contributed by atoms with Crippen molar-refractivity contribution in [1.82, 2.24) is 0 Å². The van der Waals surface area contributed by atoms with Gasteiger partial charge in [0.15, 0.2) is 0 Å². The van der Waals surface area contributed by atoms with Gasteiger partial charge in [0.05, 0.1) is 5.70 Å². The average molecular weight is 685 g/mol. The largest absolute Gasteiger partial charge is 0.349 e. The Kier molecular flexibility index (Phi) is 10.9. The van der Waals surface area contributed by atoms with E-state index in [1.165, 1.54) is 27.7 Å². The summed E-state index contributed by atoms with van der Waals surface area (Å²) in [6, 6.07) is 39.3. The number of rotatable bonds is 11. The average Bonchev–Trinajstić information content (AvgIpc) is 3.60. The van der Waals surface area contributed by atoms with Crippen LogP contribution in [-0.4, -0.2) is 6.54 Å². The van der Waals surface area contributed by atoms with Gasteiger partial charge in [0.1, 0.15) is 0 Å². The molecule has 2 heteroatoms. The highest BCUT2D eigenvalue weighted by Crippen LogP contribution is 2.37. The minimum absolute atomic E-state index is 0.827. The number of benzene rings is 5. The molecular weight excluding hydrogens is 641 g/mol. The molecule has 2 nitrogen and oxygen atoms in total. The Bertz CT molecular complexity index is 2420. The van der Waals surface area contributed by atoms with Crippen molar-refractivity contribution < 1.29 is 0 Å². The molecule has 5 aromatic rings. The summed E-state index contributed by atoms with van der Waals surface area (Å²) in [5.41, 5.74) is 16.9. The molecule has 7 rings (SSSR count). The summed E-state index contributed by atoms with van der Waals surface area (Å²) in [6.07, 6.45) is 26.8. The standard InChI is InChI=1S/C51H44N2/c1-4-6-8-12-20-39-31-45(40-21-13-9-14-22-40)34-47(32-39)52-50-37-46(36-49(50)38(3)19-11-7-5-2)43-27-29-51-44(33-43)25-15-10-18-30-53(51)48-28-26-41-23-16-17-24-42(41)35-48/h4-14,16-24,26-29,31-36,52H,1,3,15,25,30H2,2H3/b7-5-,8-6-,18-10-,19-11-,20-12?. The number of hydrogen-bond donors (Lipinski definition) is 1. The van der Waals surface area contributed by atoms with Gasteiger partial charge < -0.3 is 10.2 Å². The van der Waals surface area contributed by atoms with Gasteiger partial charge >= 0.3 is 0 Å². The molecule has 1 N–H and O–H groups in total. The smallest absolute Gasteiger partial charge is 0.0904 e. The lowest BCUT2D eigenvalue weighted by Gasteiger charge is -2.28. The molecule has 0 unspecified atom stereocenters. The van der Waals surface area contributed by atoms with Gasteiger partial charge in [-0.25, -0.2) is 0 Å². The number of nitrogens with zero attached hydrogens (tertiary/aromatic N) is 1. The maximum absolute atomic E-state index is 4.48. The number of allylic oxidation sites excluding steroid dienone is 11. The maximum atomic E-state index is 4.48. The van der Waals surface area contributed by atoms with Crippen LogP contribution in [0.2, 0.25) is 0 Å². The summed E-state index contributed by atoms with van der Waals surface area (Å²) in [4.78, 5) is 2.43. The fourth-order valence-electron chi connectivity index (χ4n) is 6.85. The Hall–Kier alpha value is -6.60. The van der Waals surface area contributed by atoms with Crippen LogP contribution >= 0.6 is 0 Å². The van der Waals surface area contributed by atoms with Crippen LogP contribution in [0.1, 0.15) is 30.0 Å². The lowest BCUT2D eigenvalue weighted by atomic mass is 9.97. The Morgan fingerprint density at radius 1 is 0.755 bits per heavy atom. The van der Waals surface area contributed by atoms with E-state index in [0.29, 0.717) is 0 Å². The van der Waals surface area contributed by atoms with Gasteiger partial charge in [0.25, 0.3) is 0 Å². The monoisotopic (exact) mass is 684 g/mol. The third-order valence-electron chi connectivity index (χ3n) is 9.50. The van der Waals surface area contributed by atoms with E-state index in [0.717, 1.165) is 69.7 Å². The Labute approximate surface area is 314 Å². The Morgan fingerprint density at radius 3 is 2.45 bits per heavy atom. The number of hydrogen-bond acceptors (Lipinski definition) is 2.